The van der Waals surface area contributed by atoms with Gasteiger partial charge in [0.05, 0.1) is 0 Å². The number of rotatable bonds is 2. The summed E-state index contributed by atoms with van der Waals surface area (Å²) in [5.41, 5.74) is 1.97. The second kappa shape index (κ2) is 4.56. The third-order valence-corrected chi connectivity index (χ3v) is 2.77. The maximum absolute atomic E-state index is 12.2. The predicted octanol–water partition coefficient (Wildman–Crippen LogP) is 4.13. The summed E-state index contributed by atoms with van der Waals surface area (Å²) >= 11 is 0. The van der Waals surface area contributed by atoms with Crippen molar-refractivity contribution >= 4 is 11.0 Å². The lowest BCUT2D eigenvalue weighted by atomic mass is 10.1. The Bertz CT molecular complexity index is 716. The highest BCUT2D eigenvalue weighted by atomic mass is 19.4. The Balaban J connectivity index is 1.99. The summed E-state index contributed by atoms with van der Waals surface area (Å²) in [6, 6.07) is 11.3. The highest BCUT2D eigenvalue weighted by molar-refractivity contribution is 5.83. The van der Waals surface area contributed by atoms with Crippen LogP contribution in [0.3, 0.4) is 0 Å². The van der Waals surface area contributed by atoms with E-state index in [2.05, 4.69) is 14.7 Å². The first kappa shape index (κ1) is 12.5. The Kier molecular flexibility index (Phi) is 2.85. The number of aromatic nitrogens is 2. The summed E-state index contributed by atoms with van der Waals surface area (Å²) in [6.07, 6.45) is -3.05. The van der Waals surface area contributed by atoms with Crippen LogP contribution in [0.5, 0.6) is 5.75 Å². The number of halogens is 3. The van der Waals surface area contributed by atoms with E-state index >= 15 is 0 Å². The molecule has 0 aliphatic heterocycles. The molecule has 102 valence electrons. The average Bonchev–Trinajstić information content (AvgIpc) is 2.80. The van der Waals surface area contributed by atoms with Crippen LogP contribution in [0.1, 0.15) is 0 Å². The molecule has 0 radical (unpaired) electrons. The normalized spacial score (nSPS) is 11.8. The molecule has 3 aromatic rings. The number of aromatic amines is 1. The van der Waals surface area contributed by atoms with Gasteiger partial charge < -0.3 is 9.72 Å². The van der Waals surface area contributed by atoms with Gasteiger partial charge in [0, 0.05) is 22.8 Å². The van der Waals surface area contributed by atoms with Crippen LogP contribution < -0.4 is 4.74 Å². The minimum atomic E-state index is -4.69. The van der Waals surface area contributed by atoms with Gasteiger partial charge in [0.1, 0.15) is 11.4 Å². The molecule has 3 rings (SSSR count). The Labute approximate surface area is 112 Å². The molecule has 3 nitrogen and oxygen atoms in total. The molecule has 0 saturated heterocycles. The van der Waals surface area contributed by atoms with Crippen molar-refractivity contribution in [2.24, 2.45) is 0 Å². The lowest BCUT2D eigenvalue weighted by Crippen LogP contribution is -2.17. The summed E-state index contributed by atoms with van der Waals surface area (Å²) in [5, 5.41) is 0.893. The molecule has 0 aliphatic carbocycles. The van der Waals surface area contributed by atoms with Crippen molar-refractivity contribution in [3.05, 3.63) is 48.7 Å². The Morgan fingerprint density at radius 1 is 1.05 bits per heavy atom. The van der Waals surface area contributed by atoms with Gasteiger partial charge in [0.15, 0.2) is 0 Å². The van der Waals surface area contributed by atoms with E-state index in [1.54, 1.807) is 18.3 Å². The minimum Gasteiger partial charge on any atom is -0.406 e. The van der Waals surface area contributed by atoms with E-state index in [-0.39, 0.29) is 5.75 Å². The van der Waals surface area contributed by atoms with Crippen LogP contribution in [-0.4, -0.2) is 16.3 Å². The lowest BCUT2D eigenvalue weighted by molar-refractivity contribution is -0.274. The Hall–Kier alpha value is -2.50. The first-order valence-corrected chi connectivity index (χ1v) is 5.81. The SMILES string of the molecule is FC(F)(F)Oc1cccc(-c2cc3cccnc3[nH]2)c1. The summed E-state index contributed by atoms with van der Waals surface area (Å²) in [6.45, 7) is 0. The summed E-state index contributed by atoms with van der Waals surface area (Å²) in [4.78, 5) is 7.20. The fourth-order valence-corrected chi connectivity index (χ4v) is 1.97. The van der Waals surface area contributed by atoms with Crippen molar-refractivity contribution in [2.75, 3.05) is 0 Å². The molecule has 1 N–H and O–H groups in total. The van der Waals surface area contributed by atoms with Gasteiger partial charge in [0.2, 0.25) is 0 Å². The molecule has 0 fully saturated rings. The zero-order chi connectivity index (χ0) is 14.2. The number of pyridine rings is 1. The molecule has 6 heteroatoms. The van der Waals surface area contributed by atoms with Crippen LogP contribution in [0, 0.1) is 0 Å². The van der Waals surface area contributed by atoms with Crippen molar-refractivity contribution in [3.63, 3.8) is 0 Å². The molecule has 0 bridgehead atoms. The van der Waals surface area contributed by atoms with Crippen molar-refractivity contribution in [2.45, 2.75) is 6.36 Å². The molecule has 2 heterocycles. The minimum absolute atomic E-state index is 0.249. The predicted molar refractivity (Wildman–Crippen MR) is 68.2 cm³/mol. The molecule has 1 aromatic carbocycles. The smallest absolute Gasteiger partial charge is 0.406 e. The van der Waals surface area contributed by atoms with E-state index in [0.717, 1.165) is 5.39 Å². The van der Waals surface area contributed by atoms with Crippen molar-refractivity contribution in [1.29, 1.82) is 0 Å². The number of ether oxygens (including phenoxy) is 1. The first-order chi connectivity index (χ1) is 9.51. The zero-order valence-electron chi connectivity index (χ0n) is 10.1. The summed E-state index contributed by atoms with van der Waals surface area (Å²) in [7, 11) is 0. The van der Waals surface area contributed by atoms with Crippen molar-refractivity contribution in [1.82, 2.24) is 9.97 Å². The van der Waals surface area contributed by atoms with E-state index < -0.39 is 6.36 Å². The highest BCUT2D eigenvalue weighted by Gasteiger charge is 2.31. The Morgan fingerprint density at radius 3 is 2.65 bits per heavy atom. The monoisotopic (exact) mass is 278 g/mol. The van der Waals surface area contributed by atoms with E-state index in [9.17, 15) is 13.2 Å². The fourth-order valence-electron chi connectivity index (χ4n) is 1.97. The van der Waals surface area contributed by atoms with Gasteiger partial charge in [-0.05, 0) is 30.3 Å². The van der Waals surface area contributed by atoms with Crippen molar-refractivity contribution in [3.8, 4) is 17.0 Å². The van der Waals surface area contributed by atoms with E-state index in [0.29, 0.717) is 16.9 Å². The molecular weight excluding hydrogens is 269 g/mol. The number of hydrogen-bond acceptors (Lipinski definition) is 2. The molecule has 0 aliphatic rings. The van der Waals surface area contributed by atoms with Crippen LogP contribution >= 0.6 is 0 Å². The van der Waals surface area contributed by atoms with Gasteiger partial charge in [-0.3, -0.25) is 0 Å². The zero-order valence-corrected chi connectivity index (χ0v) is 10.1. The molecule has 20 heavy (non-hydrogen) atoms. The second-order valence-electron chi connectivity index (χ2n) is 4.20. The first-order valence-electron chi connectivity index (χ1n) is 5.81. The van der Waals surface area contributed by atoms with Crippen LogP contribution in [-0.2, 0) is 0 Å². The van der Waals surface area contributed by atoms with Gasteiger partial charge in [-0.2, -0.15) is 0 Å². The number of fused-ring (bicyclic) bond motifs is 1. The van der Waals surface area contributed by atoms with E-state index in [1.165, 1.54) is 18.2 Å². The largest absolute Gasteiger partial charge is 0.573 e. The van der Waals surface area contributed by atoms with Gasteiger partial charge >= 0.3 is 6.36 Å². The second-order valence-corrected chi connectivity index (χ2v) is 4.20. The Morgan fingerprint density at radius 2 is 1.90 bits per heavy atom. The van der Waals surface area contributed by atoms with Crippen LogP contribution in [0.25, 0.3) is 22.3 Å². The van der Waals surface area contributed by atoms with Gasteiger partial charge in [-0.1, -0.05) is 12.1 Å². The van der Waals surface area contributed by atoms with Gasteiger partial charge in [-0.25, -0.2) is 4.98 Å². The van der Waals surface area contributed by atoms with Gasteiger partial charge in [-0.15, -0.1) is 13.2 Å². The quantitative estimate of drug-likeness (QED) is 0.765. The molecule has 0 saturated carbocycles. The average molecular weight is 278 g/mol. The lowest BCUT2D eigenvalue weighted by Gasteiger charge is -2.09. The maximum Gasteiger partial charge on any atom is 0.573 e. The van der Waals surface area contributed by atoms with Gasteiger partial charge in [0.25, 0.3) is 0 Å². The van der Waals surface area contributed by atoms with E-state index in [4.69, 9.17) is 0 Å². The maximum atomic E-state index is 12.2. The summed E-state index contributed by atoms with van der Waals surface area (Å²) in [5.74, 6) is -0.249. The standard InChI is InChI=1S/C14H9F3N2O/c15-14(16,17)20-11-5-1-3-9(7-11)12-8-10-4-2-6-18-13(10)19-12/h1-8H,(H,18,19). The molecule has 2 aromatic heterocycles. The molecule has 0 unspecified atom stereocenters. The molecular formula is C14H9F3N2O. The molecule has 0 atom stereocenters. The van der Waals surface area contributed by atoms with Crippen molar-refractivity contribution < 1.29 is 17.9 Å². The van der Waals surface area contributed by atoms with E-state index in [1.807, 2.05) is 12.1 Å². The number of hydrogen-bond donors (Lipinski definition) is 1. The molecule has 0 amide bonds. The topological polar surface area (TPSA) is 37.9 Å². The number of alkyl halides is 3. The highest BCUT2D eigenvalue weighted by Crippen LogP contribution is 2.28. The third-order valence-electron chi connectivity index (χ3n) is 2.77. The third kappa shape index (κ3) is 2.59. The molecule has 0 spiro atoms. The fraction of sp³-hybridized carbons (Fsp3) is 0.0714. The number of benzene rings is 1. The van der Waals surface area contributed by atoms with Crippen LogP contribution in [0.4, 0.5) is 13.2 Å². The van der Waals surface area contributed by atoms with Crippen LogP contribution in [0.15, 0.2) is 48.7 Å². The number of nitrogens with zero attached hydrogens (tertiary/aromatic N) is 1. The summed E-state index contributed by atoms with van der Waals surface area (Å²) < 4.78 is 40.5. The number of nitrogens with one attached hydrogen (secondary N) is 1. The number of H-pyrrole nitrogens is 1. The van der Waals surface area contributed by atoms with Crippen LogP contribution in [0.2, 0.25) is 0 Å².